The number of nitrogens with two attached hydrogens (primary N) is 4. The number of ether oxygens (including phenoxy) is 10. The van der Waals surface area contributed by atoms with Gasteiger partial charge in [-0.25, -0.2) is 29.2 Å². The van der Waals surface area contributed by atoms with Gasteiger partial charge >= 0.3 is 24.1 Å². The van der Waals surface area contributed by atoms with Gasteiger partial charge in [0.2, 0.25) is 23.3 Å². The molecular formula is C47H79N11O22. The third kappa shape index (κ3) is 26.0. The van der Waals surface area contributed by atoms with Crippen LogP contribution < -0.4 is 33.6 Å². The number of amides is 4. The van der Waals surface area contributed by atoms with E-state index < -0.39 is 133 Å². The van der Waals surface area contributed by atoms with Gasteiger partial charge < -0.3 is 121 Å². The summed E-state index contributed by atoms with van der Waals surface area (Å²) in [6, 6.07) is -5.06. The van der Waals surface area contributed by atoms with E-state index in [2.05, 4.69) is 26.5 Å². The average molecular weight is 1150 g/mol. The van der Waals surface area contributed by atoms with Crippen LogP contribution in [0.2, 0.25) is 0 Å². The number of rotatable bonds is 39. The molecule has 2 heterocycles. The van der Waals surface area contributed by atoms with E-state index >= 15 is 0 Å². The largest absolute Gasteiger partial charge is 0.477 e. The van der Waals surface area contributed by atoms with Crippen molar-refractivity contribution in [2.75, 3.05) is 139 Å². The van der Waals surface area contributed by atoms with Crippen LogP contribution in [0.25, 0.3) is 0 Å². The van der Waals surface area contributed by atoms with Crippen molar-refractivity contribution < 1.29 is 107 Å². The van der Waals surface area contributed by atoms with E-state index in [1.165, 1.54) is 14.1 Å². The molecular weight excluding hydrogens is 1070 g/mol. The first-order valence-corrected chi connectivity index (χ1v) is 25.0. The van der Waals surface area contributed by atoms with Gasteiger partial charge in [0.05, 0.1) is 110 Å². The number of aliphatic hydroxyl groups excluding tert-OH is 4. The number of likely N-dealkylation sites (N-methyl/N-ethyl adjacent to an activating group) is 2. The maximum absolute atomic E-state index is 13.4. The Morgan fingerprint density at radius 2 is 0.925 bits per heavy atom. The summed E-state index contributed by atoms with van der Waals surface area (Å²) >= 11 is 0. The van der Waals surface area contributed by atoms with Crippen molar-refractivity contribution in [1.29, 1.82) is 0 Å². The third-order valence-corrected chi connectivity index (χ3v) is 11.3. The van der Waals surface area contributed by atoms with Crippen LogP contribution in [0.1, 0.15) is 13.8 Å². The molecule has 0 aromatic rings. The van der Waals surface area contributed by atoms with Crippen molar-refractivity contribution in [3.8, 4) is 12.3 Å². The monoisotopic (exact) mass is 1150 g/mol. The molecule has 0 saturated heterocycles. The second kappa shape index (κ2) is 37.9. The van der Waals surface area contributed by atoms with Gasteiger partial charge in [0.1, 0.15) is 18.8 Å². The van der Waals surface area contributed by atoms with E-state index in [-0.39, 0.29) is 59.3 Å². The van der Waals surface area contributed by atoms with E-state index in [1.807, 2.05) is 4.90 Å². The van der Waals surface area contributed by atoms with Gasteiger partial charge in [-0.1, -0.05) is 5.92 Å². The normalized spacial score (nSPS) is 20.1. The molecule has 0 aromatic carbocycles. The van der Waals surface area contributed by atoms with Crippen molar-refractivity contribution >= 4 is 47.9 Å². The lowest BCUT2D eigenvalue weighted by atomic mass is 9.92. The molecule has 0 saturated carbocycles. The summed E-state index contributed by atoms with van der Waals surface area (Å²) in [4.78, 5) is 87.2. The molecule has 0 unspecified atom stereocenters. The number of terminal acetylenes is 1. The summed E-state index contributed by atoms with van der Waals surface area (Å²) < 4.78 is 55.8. The second-order valence-electron chi connectivity index (χ2n) is 17.6. The molecule has 454 valence electrons. The minimum absolute atomic E-state index is 0.0286. The van der Waals surface area contributed by atoms with Gasteiger partial charge in [0.15, 0.2) is 36.3 Å². The molecule has 0 bridgehead atoms. The predicted molar refractivity (Wildman–Crippen MR) is 278 cm³/mol. The molecule has 10 atom stereocenters. The summed E-state index contributed by atoms with van der Waals surface area (Å²) in [7, 11) is 2.70. The standard InChI is InChI=1S/C47H79N11O22/c1-6-12-71-18-20-75-22-23-76-21-19-74-17-11-58(9-15-72-13-7-56(4)46(69)79-38(32(63)26-59)40-36(52-28(2)61)30(54-44(48)49)24-34(77-40)42(65)66)10-16-73-14-8-57(5)47(70)80-39(33(64)27-60)41-37(53-29(3)62)31(55-45(50)51)25-35(78-41)43(67)68/h1,24-25,30-33,36-41,59-60,63-64H,7-23,26-27H2,2-5H3,(H,52,61)(H,53,62)(H,65,66)(H,67,68)(H4,48,49,54)(H4,50,51,55)/t30-,31-,32+,33+,36+,37+,38+,39+,40+,41+/m0/s1. The minimum atomic E-state index is -1.83. The first kappa shape index (κ1) is 69.3. The summed E-state index contributed by atoms with van der Waals surface area (Å²) in [5.41, 5.74) is 22.2. The van der Waals surface area contributed by atoms with Crippen LogP contribution >= 0.6 is 0 Å². The summed E-state index contributed by atoms with van der Waals surface area (Å²) in [5.74, 6) is -4.33. The highest BCUT2D eigenvalue weighted by Gasteiger charge is 2.48. The number of hydrogen-bond donors (Lipinski definition) is 12. The number of carbonyl (C=O) groups is 6. The highest BCUT2D eigenvalue weighted by atomic mass is 16.6. The molecule has 4 amide bonds. The first-order chi connectivity index (χ1) is 38.0. The number of nitrogens with zero attached hydrogens (tertiary/aromatic N) is 5. The lowest BCUT2D eigenvalue weighted by Gasteiger charge is -2.40. The van der Waals surface area contributed by atoms with Crippen LogP contribution in [0.5, 0.6) is 0 Å². The second-order valence-corrected chi connectivity index (χ2v) is 17.6. The smallest absolute Gasteiger partial charge is 0.410 e. The van der Waals surface area contributed by atoms with Crippen LogP contribution in [0, 0.1) is 12.3 Å². The van der Waals surface area contributed by atoms with E-state index in [4.69, 9.17) is 76.7 Å². The number of guanidine groups is 2. The molecule has 0 spiro atoms. The molecule has 0 aliphatic carbocycles. The van der Waals surface area contributed by atoms with Crippen molar-refractivity contribution in [2.45, 2.75) is 74.6 Å². The molecule has 0 aromatic heterocycles. The maximum atomic E-state index is 13.4. The Bertz CT molecular complexity index is 1980. The van der Waals surface area contributed by atoms with Crippen molar-refractivity contribution in [1.82, 2.24) is 25.3 Å². The lowest BCUT2D eigenvalue weighted by Crippen LogP contribution is -2.61. The molecule has 33 heteroatoms. The van der Waals surface area contributed by atoms with E-state index in [1.54, 1.807) is 0 Å². The molecule has 80 heavy (non-hydrogen) atoms. The van der Waals surface area contributed by atoms with Gasteiger partial charge in [0, 0.05) is 60.7 Å². The van der Waals surface area contributed by atoms with Crippen LogP contribution in [0.4, 0.5) is 9.59 Å². The van der Waals surface area contributed by atoms with Gasteiger partial charge in [-0.05, 0) is 12.2 Å². The Balaban J connectivity index is 2.07. The number of aliphatic imine (C=N–C) groups is 2. The number of hydrogen-bond acceptors (Lipinski definition) is 23. The number of aliphatic hydroxyl groups is 4. The Kier molecular flexibility index (Phi) is 32.8. The zero-order valence-electron chi connectivity index (χ0n) is 45.2. The highest BCUT2D eigenvalue weighted by Crippen LogP contribution is 2.28. The van der Waals surface area contributed by atoms with Gasteiger partial charge in [-0.15, -0.1) is 6.42 Å². The minimum Gasteiger partial charge on any atom is -0.477 e. The molecule has 33 nitrogen and oxygen atoms in total. The molecule has 16 N–H and O–H groups in total. The molecule has 0 fully saturated rings. The number of carboxylic acid groups (broad SMARTS) is 2. The van der Waals surface area contributed by atoms with Crippen LogP contribution in [0.3, 0.4) is 0 Å². The SMILES string of the molecule is C#CCOCCOCCOCCOCCN(CCOCCN(C)C(=O)O[C@@H]([C@@H]1OC(C(=O)O)=C[C@H](N=C(N)N)[C@H]1NC(C)=O)[C@H](O)CO)CCOCCN(C)C(=O)O[C@@H]([C@@H]1OC(C(=O)O)=C[C@H](N=C(N)N)[C@H]1NC(C)=O)[C@H](O)CO. The van der Waals surface area contributed by atoms with Crippen molar-refractivity contribution in [3.63, 3.8) is 0 Å². The fraction of sp³-hybridized carbons (Fsp3) is 0.702. The fourth-order valence-electron chi connectivity index (χ4n) is 7.44. The molecule has 2 rings (SSSR count). The lowest BCUT2D eigenvalue weighted by molar-refractivity contribution is -0.147. The molecule has 2 aliphatic heterocycles. The summed E-state index contributed by atoms with van der Waals surface area (Å²) in [6.45, 7) is 3.92. The first-order valence-electron chi connectivity index (χ1n) is 25.0. The summed E-state index contributed by atoms with van der Waals surface area (Å²) in [6.07, 6.45) is -5.32. The highest BCUT2D eigenvalue weighted by molar-refractivity contribution is 5.86. The fourth-order valence-corrected chi connectivity index (χ4v) is 7.44. The number of carboxylic acids is 2. The Morgan fingerprint density at radius 3 is 1.24 bits per heavy atom. The molecule has 0 radical (unpaired) electrons. The van der Waals surface area contributed by atoms with E-state index in [0.29, 0.717) is 52.7 Å². The van der Waals surface area contributed by atoms with Crippen LogP contribution in [-0.4, -0.2) is 293 Å². The number of aliphatic carboxylic acids is 2. The van der Waals surface area contributed by atoms with Crippen LogP contribution in [-0.2, 0) is 66.5 Å². The molecule has 2 aliphatic rings. The van der Waals surface area contributed by atoms with Gasteiger partial charge in [-0.3, -0.25) is 14.5 Å². The third-order valence-electron chi connectivity index (χ3n) is 11.3. The zero-order chi connectivity index (χ0) is 59.7. The van der Waals surface area contributed by atoms with E-state index in [9.17, 15) is 59.4 Å². The Hall–Kier alpha value is -6.84. The van der Waals surface area contributed by atoms with E-state index in [0.717, 1.165) is 35.8 Å². The topological polar surface area (TPSA) is 479 Å². The quantitative estimate of drug-likeness (QED) is 0.0118. The van der Waals surface area contributed by atoms with Crippen molar-refractivity contribution in [2.24, 2.45) is 32.9 Å². The summed E-state index contributed by atoms with van der Waals surface area (Å²) in [5, 5.41) is 65.9. The predicted octanol–water partition coefficient (Wildman–Crippen LogP) is -6.37. The van der Waals surface area contributed by atoms with Gasteiger partial charge in [0.25, 0.3) is 0 Å². The number of nitrogens with one attached hydrogen (secondary N) is 2. The maximum Gasteiger partial charge on any atom is 0.410 e. The average Bonchev–Trinajstić information content (AvgIpc) is 3.42. The van der Waals surface area contributed by atoms with Gasteiger partial charge in [-0.2, -0.15) is 0 Å². The number of carbonyl (C=O) groups excluding carboxylic acids is 4. The zero-order valence-corrected chi connectivity index (χ0v) is 45.2. The Labute approximate surface area is 462 Å². The van der Waals surface area contributed by atoms with Crippen molar-refractivity contribution in [3.05, 3.63) is 23.7 Å². The van der Waals surface area contributed by atoms with Crippen LogP contribution in [0.15, 0.2) is 33.7 Å². The Morgan fingerprint density at radius 1 is 0.600 bits per heavy atom.